The molecule has 8 heteroatoms. The Balaban J connectivity index is 2.90. The average Bonchev–Trinajstić information content (AvgIpc) is 2.61. The van der Waals surface area contributed by atoms with Crippen LogP contribution in [-0.4, -0.2) is 51.0 Å². The van der Waals surface area contributed by atoms with E-state index in [9.17, 15) is 14.4 Å². The second-order valence-corrected chi connectivity index (χ2v) is 4.07. The molecule has 0 aliphatic carbocycles. The quantitative estimate of drug-likeness (QED) is 0.773. The summed E-state index contributed by atoms with van der Waals surface area (Å²) in [6.45, 7) is 0.300. The number of nitrogens with zero attached hydrogens (tertiary/aromatic N) is 2. The van der Waals surface area contributed by atoms with E-state index in [1.807, 2.05) is 0 Å². The predicted octanol–water partition coefficient (Wildman–Crippen LogP) is 0.0629. The number of rotatable bonds is 5. The summed E-state index contributed by atoms with van der Waals surface area (Å²) in [4.78, 5) is 37.8. The van der Waals surface area contributed by atoms with E-state index in [0.717, 1.165) is 16.2 Å². The zero-order valence-electron chi connectivity index (χ0n) is 8.91. The van der Waals surface area contributed by atoms with Gasteiger partial charge in [-0.1, -0.05) is 0 Å². The van der Waals surface area contributed by atoms with Crippen molar-refractivity contribution in [2.75, 3.05) is 13.1 Å². The standard InChI is InChI=1S/C9H10N2O5S/c1-5-8(17-4-10-5)9(16)11(2-6(12)13)3-7(14)15/h4H,2-3H2,1H3,(H,12,13)(H,14,15). The Labute approximate surface area is 100 Å². The third kappa shape index (κ3) is 3.52. The molecule has 1 heterocycles. The van der Waals surface area contributed by atoms with Crippen molar-refractivity contribution in [2.45, 2.75) is 6.92 Å². The van der Waals surface area contributed by atoms with E-state index in [1.54, 1.807) is 6.92 Å². The second kappa shape index (κ2) is 5.39. The van der Waals surface area contributed by atoms with Crippen LogP contribution in [0.3, 0.4) is 0 Å². The van der Waals surface area contributed by atoms with Crippen molar-refractivity contribution in [3.8, 4) is 0 Å². The minimum absolute atomic E-state index is 0.257. The van der Waals surface area contributed by atoms with Crippen LogP contribution in [0.2, 0.25) is 0 Å². The SMILES string of the molecule is Cc1ncsc1C(=O)N(CC(=O)O)CC(=O)O. The Kier molecular flexibility index (Phi) is 4.16. The molecule has 0 unspecified atom stereocenters. The van der Waals surface area contributed by atoms with E-state index >= 15 is 0 Å². The molecule has 1 aromatic heterocycles. The lowest BCUT2D eigenvalue weighted by Crippen LogP contribution is -2.39. The largest absolute Gasteiger partial charge is 0.480 e. The number of aryl methyl sites for hydroxylation is 1. The molecule has 17 heavy (non-hydrogen) atoms. The predicted molar refractivity (Wildman–Crippen MR) is 58.0 cm³/mol. The number of carbonyl (C=O) groups excluding carboxylic acids is 1. The number of hydrogen-bond donors (Lipinski definition) is 2. The van der Waals surface area contributed by atoms with Crippen molar-refractivity contribution < 1.29 is 24.6 Å². The van der Waals surface area contributed by atoms with Crippen LogP contribution in [0.5, 0.6) is 0 Å². The molecule has 7 nitrogen and oxygen atoms in total. The summed E-state index contributed by atoms with van der Waals surface area (Å²) in [7, 11) is 0. The van der Waals surface area contributed by atoms with Gasteiger partial charge in [-0.2, -0.15) is 0 Å². The van der Waals surface area contributed by atoms with Crippen molar-refractivity contribution in [2.24, 2.45) is 0 Å². The highest BCUT2D eigenvalue weighted by molar-refractivity contribution is 7.11. The molecule has 0 aliphatic rings. The third-order valence-corrected chi connectivity index (χ3v) is 2.80. The summed E-state index contributed by atoms with van der Waals surface area (Å²) in [6.07, 6.45) is 0. The molecule has 0 fully saturated rings. The maximum atomic E-state index is 11.9. The van der Waals surface area contributed by atoms with Gasteiger partial charge in [0, 0.05) is 0 Å². The first-order valence-electron chi connectivity index (χ1n) is 4.54. The topological polar surface area (TPSA) is 108 Å². The Morgan fingerprint density at radius 2 is 1.82 bits per heavy atom. The fourth-order valence-corrected chi connectivity index (χ4v) is 1.95. The summed E-state index contributed by atoms with van der Waals surface area (Å²) in [5, 5.41) is 17.2. The minimum atomic E-state index is -1.26. The molecule has 2 N–H and O–H groups in total. The minimum Gasteiger partial charge on any atom is -0.480 e. The first kappa shape index (κ1) is 13.1. The lowest BCUT2D eigenvalue weighted by molar-refractivity contribution is -0.140. The highest BCUT2D eigenvalue weighted by atomic mass is 32.1. The Hall–Kier alpha value is -1.96. The number of thiazole rings is 1. The monoisotopic (exact) mass is 258 g/mol. The van der Waals surface area contributed by atoms with Crippen LogP contribution >= 0.6 is 11.3 Å². The van der Waals surface area contributed by atoms with E-state index in [4.69, 9.17) is 10.2 Å². The Morgan fingerprint density at radius 3 is 2.18 bits per heavy atom. The van der Waals surface area contributed by atoms with Gasteiger partial charge >= 0.3 is 11.9 Å². The molecule has 1 amide bonds. The smallest absolute Gasteiger partial charge is 0.323 e. The van der Waals surface area contributed by atoms with Crippen LogP contribution < -0.4 is 0 Å². The second-order valence-electron chi connectivity index (χ2n) is 3.22. The summed E-state index contributed by atoms with van der Waals surface area (Å²) in [5.74, 6) is -3.15. The first-order valence-corrected chi connectivity index (χ1v) is 5.42. The summed E-state index contributed by atoms with van der Waals surface area (Å²) in [6, 6.07) is 0. The average molecular weight is 258 g/mol. The highest BCUT2D eigenvalue weighted by Crippen LogP contribution is 2.14. The van der Waals surface area contributed by atoms with Crippen LogP contribution in [-0.2, 0) is 9.59 Å². The molecule has 0 bridgehead atoms. The van der Waals surface area contributed by atoms with Crippen LogP contribution in [0.1, 0.15) is 15.4 Å². The fraction of sp³-hybridized carbons (Fsp3) is 0.333. The van der Waals surface area contributed by atoms with Crippen LogP contribution in [0.25, 0.3) is 0 Å². The van der Waals surface area contributed by atoms with Gasteiger partial charge in [-0.3, -0.25) is 14.4 Å². The third-order valence-electron chi connectivity index (χ3n) is 1.88. The molecule has 1 aromatic rings. The molecule has 0 atom stereocenters. The summed E-state index contributed by atoms with van der Waals surface area (Å²) < 4.78 is 0. The van der Waals surface area contributed by atoms with Crippen LogP contribution in [0.15, 0.2) is 5.51 Å². The zero-order valence-corrected chi connectivity index (χ0v) is 9.73. The van der Waals surface area contributed by atoms with E-state index < -0.39 is 30.9 Å². The fourth-order valence-electron chi connectivity index (χ4n) is 1.18. The summed E-state index contributed by atoms with van der Waals surface area (Å²) >= 11 is 1.05. The first-order chi connectivity index (χ1) is 7.91. The summed E-state index contributed by atoms with van der Waals surface area (Å²) in [5.41, 5.74) is 1.91. The van der Waals surface area contributed by atoms with Crippen LogP contribution in [0.4, 0.5) is 0 Å². The molecule has 0 spiro atoms. The van der Waals surface area contributed by atoms with E-state index in [2.05, 4.69) is 4.98 Å². The van der Waals surface area contributed by atoms with Gasteiger partial charge < -0.3 is 15.1 Å². The van der Waals surface area contributed by atoms with Gasteiger partial charge in [-0.25, -0.2) is 4.98 Å². The normalized spacial score (nSPS) is 9.94. The molecule has 0 aliphatic heterocycles. The molecule has 0 saturated carbocycles. The molecule has 0 aromatic carbocycles. The lowest BCUT2D eigenvalue weighted by atomic mass is 10.3. The van der Waals surface area contributed by atoms with Crippen molar-refractivity contribution in [3.63, 3.8) is 0 Å². The Morgan fingerprint density at radius 1 is 1.29 bits per heavy atom. The number of aliphatic carboxylic acids is 2. The number of carboxylic acids is 2. The van der Waals surface area contributed by atoms with Gasteiger partial charge in [0.2, 0.25) is 0 Å². The van der Waals surface area contributed by atoms with Crippen molar-refractivity contribution >= 4 is 29.2 Å². The number of aromatic nitrogens is 1. The van der Waals surface area contributed by atoms with Crippen LogP contribution in [0, 0.1) is 6.92 Å². The van der Waals surface area contributed by atoms with Gasteiger partial charge in [-0.05, 0) is 6.92 Å². The number of carbonyl (C=O) groups is 3. The molecule has 1 rings (SSSR count). The van der Waals surface area contributed by atoms with Gasteiger partial charge in [0.15, 0.2) is 0 Å². The van der Waals surface area contributed by atoms with Gasteiger partial charge in [0.1, 0.15) is 18.0 Å². The molecule has 92 valence electrons. The van der Waals surface area contributed by atoms with E-state index in [1.165, 1.54) is 5.51 Å². The number of amides is 1. The highest BCUT2D eigenvalue weighted by Gasteiger charge is 2.23. The maximum absolute atomic E-state index is 11.9. The van der Waals surface area contributed by atoms with Crippen molar-refractivity contribution in [3.05, 3.63) is 16.1 Å². The zero-order chi connectivity index (χ0) is 13.0. The molecular weight excluding hydrogens is 248 g/mol. The lowest BCUT2D eigenvalue weighted by Gasteiger charge is -2.17. The van der Waals surface area contributed by atoms with Gasteiger partial charge in [0.25, 0.3) is 5.91 Å². The number of carboxylic acid groups (broad SMARTS) is 2. The van der Waals surface area contributed by atoms with Gasteiger partial charge in [-0.15, -0.1) is 11.3 Å². The molecule has 0 radical (unpaired) electrons. The molecule has 0 saturated heterocycles. The maximum Gasteiger partial charge on any atom is 0.323 e. The Bertz CT molecular complexity index is 440. The van der Waals surface area contributed by atoms with E-state index in [-0.39, 0.29) is 4.88 Å². The van der Waals surface area contributed by atoms with Crippen molar-refractivity contribution in [1.82, 2.24) is 9.88 Å². The van der Waals surface area contributed by atoms with Gasteiger partial charge in [0.05, 0.1) is 11.2 Å². The van der Waals surface area contributed by atoms with Crippen molar-refractivity contribution in [1.29, 1.82) is 0 Å². The number of hydrogen-bond acceptors (Lipinski definition) is 5. The van der Waals surface area contributed by atoms with E-state index in [0.29, 0.717) is 5.69 Å². The molecular formula is C9H10N2O5S.